The molecule has 0 saturated heterocycles. The first-order valence-electron chi connectivity index (χ1n) is 6.22. The van der Waals surface area contributed by atoms with Crippen LogP contribution in [0.5, 0.6) is 11.5 Å². The number of non-ortho nitro benzene ring substituents is 1. The van der Waals surface area contributed by atoms with Gasteiger partial charge in [0, 0.05) is 6.07 Å². The molecule has 2 aromatic carbocycles. The van der Waals surface area contributed by atoms with Crippen molar-refractivity contribution in [2.24, 2.45) is 0 Å². The lowest BCUT2D eigenvalue weighted by molar-refractivity contribution is -0.384. The number of benzene rings is 2. The maximum atomic E-state index is 10.6. The minimum atomic E-state index is -0.449. The van der Waals surface area contributed by atoms with E-state index in [-0.39, 0.29) is 5.69 Å². The Morgan fingerprint density at radius 1 is 1.00 bits per heavy atom. The molecular formula is C15H15NO4. The Morgan fingerprint density at radius 2 is 1.65 bits per heavy atom. The summed E-state index contributed by atoms with van der Waals surface area (Å²) in [6.07, 6.45) is 0. The number of nitrogens with zero attached hydrogens (tertiary/aromatic N) is 1. The van der Waals surface area contributed by atoms with E-state index in [9.17, 15) is 10.1 Å². The summed E-state index contributed by atoms with van der Waals surface area (Å²) < 4.78 is 10.9. The second-order valence-corrected chi connectivity index (χ2v) is 4.26. The molecule has 0 saturated carbocycles. The van der Waals surface area contributed by atoms with Crippen LogP contribution in [0.25, 0.3) is 0 Å². The molecule has 0 bridgehead atoms. The van der Waals surface area contributed by atoms with Gasteiger partial charge in [0.15, 0.2) is 0 Å². The molecule has 0 aromatic heterocycles. The number of hydrogen-bond donors (Lipinski definition) is 0. The zero-order valence-electron chi connectivity index (χ0n) is 11.1. The molecular weight excluding hydrogens is 258 g/mol. The third-order valence-electron chi connectivity index (χ3n) is 2.67. The predicted octanol–water partition coefficient (Wildman–Crippen LogP) is 3.36. The quantitative estimate of drug-likeness (QED) is 0.460. The SMILES string of the molecule is Cc1ccc(OCCOc2cccc([N+](=O)[O-])c2)cc1. The summed E-state index contributed by atoms with van der Waals surface area (Å²) in [4.78, 5) is 10.2. The van der Waals surface area contributed by atoms with Crippen LogP contribution in [0.2, 0.25) is 0 Å². The minimum Gasteiger partial charge on any atom is -0.490 e. The van der Waals surface area contributed by atoms with Gasteiger partial charge in [-0.15, -0.1) is 0 Å². The highest BCUT2D eigenvalue weighted by Crippen LogP contribution is 2.19. The molecule has 5 heteroatoms. The second kappa shape index (κ2) is 6.56. The van der Waals surface area contributed by atoms with Crippen LogP contribution < -0.4 is 9.47 Å². The fraction of sp³-hybridized carbons (Fsp3) is 0.200. The zero-order valence-corrected chi connectivity index (χ0v) is 11.1. The van der Waals surface area contributed by atoms with Crippen molar-refractivity contribution in [1.82, 2.24) is 0 Å². The van der Waals surface area contributed by atoms with E-state index in [0.717, 1.165) is 5.75 Å². The lowest BCUT2D eigenvalue weighted by Crippen LogP contribution is -2.09. The van der Waals surface area contributed by atoms with Gasteiger partial charge in [-0.1, -0.05) is 23.8 Å². The monoisotopic (exact) mass is 273 g/mol. The molecule has 0 aliphatic carbocycles. The summed E-state index contributed by atoms with van der Waals surface area (Å²) in [7, 11) is 0. The molecule has 0 radical (unpaired) electrons. The average Bonchev–Trinajstić information content (AvgIpc) is 2.46. The van der Waals surface area contributed by atoms with Crippen LogP contribution >= 0.6 is 0 Å². The van der Waals surface area contributed by atoms with Gasteiger partial charge in [-0.3, -0.25) is 10.1 Å². The molecule has 0 spiro atoms. The van der Waals surface area contributed by atoms with E-state index < -0.39 is 4.92 Å². The third-order valence-corrected chi connectivity index (χ3v) is 2.67. The second-order valence-electron chi connectivity index (χ2n) is 4.26. The molecule has 20 heavy (non-hydrogen) atoms. The number of rotatable bonds is 6. The van der Waals surface area contributed by atoms with Gasteiger partial charge in [0.25, 0.3) is 5.69 Å². The lowest BCUT2D eigenvalue weighted by Gasteiger charge is -2.08. The molecule has 0 aliphatic rings. The van der Waals surface area contributed by atoms with Crippen LogP contribution in [0.4, 0.5) is 5.69 Å². The number of ether oxygens (including phenoxy) is 2. The first-order chi connectivity index (χ1) is 9.65. The number of aryl methyl sites for hydroxylation is 1. The van der Waals surface area contributed by atoms with Crippen LogP contribution in [0.15, 0.2) is 48.5 Å². The van der Waals surface area contributed by atoms with Crippen molar-refractivity contribution in [2.75, 3.05) is 13.2 Å². The van der Waals surface area contributed by atoms with Crippen LogP contribution in [0.1, 0.15) is 5.56 Å². The Hall–Kier alpha value is -2.56. The van der Waals surface area contributed by atoms with E-state index in [4.69, 9.17) is 9.47 Å². The molecule has 104 valence electrons. The van der Waals surface area contributed by atoms with Crippen molar-refractivity contribution in [1.29, 1.82) is 0 Å². The molecule has 0 aliphatic heterocycles. The summed E-state index contributed by atoms with van der Waals surface area (Å²) in [6, 6.07) is 13.8. The Kier molecular flexibility index (Phi) is 4.55. The highest BCUT2D eigenvalue weighted by molar-refractivity contribution is 5.37. The highest BCUT2D eigenvalue weighted by atomic mass is 16.6. The van der Waals surface area contributed by atoms with Crippen LogP contribution in [0, 0.1) is 17.0 Å². The summed E-state index contributed by atoms with van der Waals surface area (Å²) in [6.45, 7) is 2.72. The van der Waals surface area contributed by atoms with E-state index in [1.165, 1.54) is 17.7 Å². The molecule has 0 fully saturated rings. The lowest BCUT2D eigenvalue weighted by atomic mass is 10.2. The zero-order chi connectivity index (χ0) is 14.4. The van der Waals surface area contributed by atoms with Gasteiger partial charge in [-0.25, -0.2) is 0 Å². The van der Waals surface area contributed by atoms with E-state index in [1.54, 1.807) is 12.1 Å². The molecule has 0 N–H and O–H groups in total. The summed E-state index contributed by atoms with van der Waals surface area (Å²) in [5.74, 6) is 1.24. The molecule has 0 amide bonds. The Bertz CT molecular complexity index is 581. The van der Waals surface area contributed by atoms with E-state index in [1.807, 2.05) is 31.2 Å². The van der Waals surface area contributed by atoms with Crippen LogP contribution in [-0.4, -0.2) is 18.1 Å². The summed E-state index contributed by atoms with van der Waals surface area (Å²) >= 11 is 0. The van der Waals surface area contributed by atoms with Crippen molar-refractivity contribution in [3.8, 4) is 11.5 Å². The standard InChI is InChI=1S/C15H15NO4/c1-12-5-7-14(8-6-12)19-9-10-20-15-4-2-3-13(11-15)16(17)18/h2-8,11H,9-10H2,1H3. The smallest absolute Gasteiger partial charge is 0.273 e. The number of nitro benzene ring substituents is 1. The Morgan fingerprint density at radius 3 is 2.30 bits per heavy atom. The summed E-state index contributed by atoms with van der Waals surface area (Å²) in [5.41, 5.74) is 1.19. The van der Waals surface area contributed by atoms with Gasteiger partial charge < -0.3 is 9.47 Å². The predicted molar refractivity (Wildman–Crippen MR) is 75.3 cm³/mol. The van der Waals surface area contributed by atoms with Crippen molar-refractivity contribution in [3.05, 3.63) is 64.2 Å². The van der Waals surface area contributed by atoms with Gasteiger partial charge in [-0.05, 0) is 25.1 Å². The summed E-state index contributed by atoms with van der Waals surface area (Å²) in [5, 5.41) is 10.6. The van der Waals surface area contributed by atoms with Crippen molar-refractivity contribution < 1.29 is 14.4 Å². The first kappa shape index (κ1) is 13.9. The van der Waals surface area contributed by atoms with E-state index in [2.05, 4.69) is 0 Å². The van der Waals surface area contributed by atoms with E-state index in [0.29, 0.717) is 19.0 Å². The molecule has 0 unspecified atom stereocenters. The number of hydrogen-bond acceptors (Lipinski definition) is 4. The Balaban J connectivity index is 1.79. The first-order valence-corrected chi connectivity index (χ1v) is 6.22. The normalized spacial score (nSPS) is 10.1. The van der Waals surface area contributed by atoms with Gasteiger partial charge in [0.1, 0.15) is 24.7 Å². The van der Waals surface area contributed by atoms with Crippen LogP contribution in [0.3, 0.4) is 0 Å². The Labute approximate surface area is 116 Å². The maximum absolute atomic E-state index is 10.6. The van der Waals surface area contributed by atoms with Gasteiger partial charge in [0.2, 0.25) is 0 Å². The maximum Gasteiger partial charge on any atom is 0.273 e. The minimum absolute atomic E-state index is 0.0157. The topological polar surface area (TPSA) is 61.6 Å². The largest absolute Gasteiger partial charge is 0.490 e. The van der Waals surface area contributed by atoms with Crippen molar-refractivity contribution in [3.63, 3.8) is 0 Å². The fourth-order valence-electron chi connectivity index (χ4n) is 1.64. The van der Waals surface area contributed by atoms with E-state index >= 15 is 0 Å². The van der Waals surface area contributed by atoms with Crippen LogP contribution in [-0.2, 0) is 0 Å². The highest BCUT2D eigenvalue weighted by Gasteiger charge is 2.05. The molecule has 5 nitrogen and oxygen atoms in total. The number of nitro groups is 1. The molecule has 2 rings (SSSR count). The van der Waals surface area contributed by atoms with Gasteiger partial charge in [0.05, 0.1) is 11.0 Å². The molecule has 2 aromatic rings. The van der Waals surface area contributed by atoms with Crippen molar-refractivity contribution in [2.45, 2.75) is 6.92 Å². The van der Waals surface area contributed by atoms with Gasteiger partial charge in [-0.2, -0.15) is 0 Å². The average molecular weight is 273 g/mol. The van der Waals surface area contributed by atoms with Gasteiger partial charge >= 0.3 is 0 Å². The molecule has 0 heterocycles. The molecule has 0 atom stereocenters. The third kappa shape index (κ3) is 3.98. The fourth-order valence-corrected chi connectivity index (χ4v) is 1.64. The van der Waals surface area contributed by atoms with Crippen molar-refractivity contribution >= 4 is 5.69 Å².